The predicted molar refractivity (Wildman–Crippen MR) is 94.2 cm³/mol. The standard InChI is InChI=1S/C19H17NO6/c1-23-15-5-3-2-4-13(15)6-9-19(22)24-11-18(21)20-14-7-8-16-17(10-14)26-12-25-16/h2-10H,11-12H2,1H3,(H,20,21)/b9-6+. The van der Waals surface area contributed by atoms with Crippen LogP contribution < -0.4 is 19.5 Å². The van der Waals surface area contributed by atoms with Crippen molar-refractivity contribution in [1.82, 2.24) is 0 Å². The number of nitrogens with one attached hydrogen (secondary N) is 1. The van der Waals surface area contributed by atoms with Gasteiger partial charge in [0, 0.05) is 23.4 Å². The van der Waals surface area contributed by atoms with Crippen LogP contribution in [0.15, 0.2) is 48.5 Å². The van der Waals surface area contributed by atoms with Gasteiger partial charge in [0.25, 0.3) is 5.91 Å². The highest BCUT2D eigenvalue weighted by Gasteiger charge is 2.14. The molecule has 134 valence electrons. The van der Waals surface area contributed by atoms with Crippen LogP contribution in [0.25, 0.3) is 6.08 Å². The molecular formula is C19H17NO6. The number of carbonyl (C=O) groups is 2. The summed E-state index contributed by atoms with van der Waals surface area (Å²) in [6, 6.07) is 12.2. The van der Waals surface area contributed by atoms with Crippen molar-refractivity contribution in [2.45, 2.75) is 0 Å². The Morgan fingerprint density at radius 2 is 1.96 bits per heavy atom. The number of hydrogen-bond acceptors (Lipinski definition) is 6. The number of amides is 1. The van der Waals surface area contributed by atoms with Gasteiger partial charge in [-0.05, 0) is 24.3 Å². The van der Waals surface area contributed by atoms with Gasteiger partial charge in [0.2, 0.25) is 6.79 Å². The Morgan fingerprint density at radius 1 is 1.15 bits per heavy atom. The molecule has 0 radical (unpaired) electrons. The molecule has 2 aromatic rings. The number of fused-ring (bicyclic) bond motifs is 1. The molecule has 3 rings (SSSR count). The van der Waals surface area contributed by atoms with Crippen molar-refractivity contribution in [2.24, 2.45) is 0 Å². The first-order valence-corrected chi connectivity index (χ1v) is 7.83. The summed E-state index contributed by atoms with van der Waals surface area (Å²) in [7, 11) is 1.55. The molecule has 0 aliphatic carbocycles. The first kappa shape index (κ1) is 17.3. The van der Waals surface area contributed by atoms with Crippen molar-refractivity contribution in [3.63, 3.8) is 0 Å². The molecule has 0 saturated heterocycles. The van der Waals surface area contributed by atoms with Gasteiger partial charge >= 0.3 is 5.97 Å². The van der Waals surface area contributed by atoms with Crippen LogP contribution in [-0.2, 0) is 14.3 Å². The molecule has 26 heavy (non-hydrogen) atoms. The fourth-order valence-corrected chi connectivity index (χ4v) is 2.32. The average Bonchev–Trinajstić information content (AvgIpc) is 3.12. The van der Waals surface area contributed by atoms with Crippen molar-refractivity contribution in [2.75, 3.05) is 25.8 Å². The van der Waals surface area contributed by atoms with E-state index in [2.05, 4.69) is 5.32 Å². The molecule has 0 unspecified atom stereocenters. The maximum absolute atomic E-state index is 11.9. The summed E-state index contributed by atoms with van der Waals surface area (Å²) in [6.07, 6.45) is 2.81. The van der Waals surface area contributed by atoms with Crippen LogP contribution in [0.1, 0.15) is 5.56 Å². The molecule has 0 atom stereocenters. The third-order valence-corrected chi connectivity index (χ3v) is 3.54. The Labute approximate surface area is 150 Å². The lowest BCUT2D eigenvalue weighted by Crippen LogP contribution is -2.20. The Hall–Kier alpha value is -3.48. The lowest BCUT2D eigenvalue weighted by atomic mass is 10.2. The zero-order valence-electron chi connectivity index (χ0n) is 14.1. The second-order valence-corrected chi connectivity index (χ2v) is 5.30. The zero-order valence-corrected chi connectivity index (χ0v) is 14.1. The van der Waals surface area contributed by atoms with Crippen LogP contribution in [0.4, 0.5) is 5.69 Å². The first-order valence-electron chi connectivity index (χ1n) is 7.83. The molecule has 0 aromatic heterocycles. The topological polar surface area (TPSA) is 83.1 Å². The van der Waals surface area contributed by atoms with Gasteiger partial charge in [0.1, 0.15) is 5.75 Å². The Bertz CT molecular complexity index is 846. The molecule has 2 aromatic carbocycles. The van der Waals surface area contributed by atoms with E-state index in [0.717, 1.165) is 5.56 Å². The minimum Gasteiger partial charge on any atom is -0.496 e. The minimum atomic E-state index is -0.628. The Kier molecular flexibility index (Phi) is 5.38. The average molecular weight is 355 g/mol. The lowest BCUT2D eigenvalue weighted by Gasteiger charge is -2.06. The number of esters is 1. The number of methoxy groups -OCH3 is 1. The van der Waals surface area contributed by atoms with E-state index in [1.54, 1.807) is 43.5 Å². The van der Waals surface area contributed by atoms with Crippen LogP contribution >= 0.6 is 0 Å². The smallest absolute Gasteiger partial charge is 0.331 e. The fourth-order valence-electron chi connectivity index (χ4n) is 2.32. The van der Waals surface area contributed by atoms with Gasteiger partial charge in [-0.15, -0.1) is 0 Å². The monoisotopic (exact) mass is 355 g/mol. The third-order valence-electron chi connectivity index (χ3n) is 3.54. The Morgan fingerprint density at radius 3 is 2.81 bits per heavy atom. The summed E-state index contributed by atoms with van der Waals surface area (Å²) in [5, 5.41) is 2.62. The SMILES string of the molecule is COc1ccccc1/C=C/C(=O)OCC(=O)Nc1ccc2c(c1)OCO2. The molecule has 7 heteroatoms. The van der Waals surface area contributed by atoms with Gasteiger partial charge in [0.15, 0.2) is 18.1 Å². The molecular weight excluding hydrogens is 338 g/mol. The highest BCUT2D eigenvalue weighted by atomic mass is 16.7. The largest absolute Gasteiger partial charge is 0.496 e. The minimum absolute atomic E-state index is 0.156. The summed E-state index contributed by atoms with van der Waals surface area (Å²) in [5.74, 6) is 0.729. The maximum Gasteiger partial charge on any atom is 0.331 e. The second-order valence-electron chi connectivity index (χ2n) is 5.30. The van der Waals surface area contributed by atoms with E-state index >= 15 is 0 Å². The number of anilines is 1. The quantitative estimate of drug-likeness (QED) is 0.633. The summed E-state index contributed by atoms with van der Waals surface area (Å²) in [4.78, 5) is 23.6. The molecule has 0 bridgehead atoms. The van der Waals surface area contributed by atoms with Gasteiger partial charge in [0.05, 0.1) is 7.11 Å². The Balaban J connectivity index is 1.49. The van der Waals surface area contributed by atoms with Crippen LogP contribution in [0.2, 0.25) is 0 Å². The molecule has 1 amide bonds. The van der Waals surface area contributed by atoms with Crippen molar-refractivity contribution in [3.05, 3.63) is 54.1 Å². The molecule has 1 aliphatic rings. The van der Waals surface area contributed by atoms with Gasteiger partial charge < -0.3 is 24.3 Å². The molecule has 0 spiro atoms. The number of para-hydroxylation sites is 1. The number of benzene rings is 2. The second kappa shape index (κ2) is 8.06. The molecule has 7 nitrogen and oxygen atoms in total. The summed E-state index contributed by atoms with van der Waals surface area (Å²) >= 11 is 0. The van der Waals surface area contributed by atoms with Crippen molar-refractivity contribution < 1.29 is 28.5 Å². The number of hydrogen-bond donors (Lipinski definition) is 1. The van der Waals surface area contributed by atoms with E-state index < -0.39 is 18.5 Å². The van der Waals surface area contributed by atoms with Gasteiger partial charge in [-0.3, -0.25) is 4.79 Å². The normalized spacial score (nSPS) is 12.0. The fraction of sp³-hybridized carbons (Fsp3) is 0.158. The zero-order chi connectivity index (χ0) is 18.4. The van der Waals surface area contributed by atoms with E-state index in [1.807, 2.05) is 12.1 Å². The summed E-state index contributed by atoms with van der Waals surface area (Å²) in [6.45, 7) is -0.244. The van der Waals surface area contributed by atoms with E-state index in [0.29, 0.717) is 22.9 Å². The number of carbonyl (C=O) groups excluding carboxylic acids is 2. The van der Waals surface area contributed by atoms with Crippen molar-refractivity contribution in [1.29, 1.82) is 0 Å². The van der Waals surface area contributed by atoms with Crippen LogP contribution in [0, 0.1) is 0 Å². The number of rotatable bonds is 6. The first-order chi connectivity index (χ1) is 12.7. The molecule has 1 heterocycles. The summed E-state index contributed by atoms with van der Waals surface area (Å²) < 4.78 is 20.5. The van der Waals surface area contributed by atoms with Gasteiger partial charge in [-0.1, -0.05) is 18.2 Å². The lowest BCUT2D eigenvalue weighted by molar-refractivity contribution is -0.142. The van der Waals surface area contributed by atoms with Crippen LogP contribution in [-0.4, -0.2) is 32.4 Å². The molecule has 1 aliphatic heterocycles. The van der Waals surface area contributed by atoms with E-state index in [-0.39, 0.29) is 6.79 Å². The molecule has 1 N–H and O–H groups in total. The van der Waals surface area contributed by atoms with Gasteiger partial charge in [-0.25, -0.2) is 4.79 Å². The van der Waals surface area contributed by atoms with E-state index in [1.165, 1.54) is 6.08 Å². The molecule has 0 fully saturated rings. The van der Waals surface area contributed by atoms with Gasteiger partial charge in [-0.2, -0.15) is 0 Å². The van der Waals surface area contributed by atoms with Crippen molar-refractivity contribution >= 4 is 23.6 Å². The number of ether oxygens (including phenoxy) is 4. The maximum atomic E-state index is 11.9. The van der Waals surface area contributed by atoms with E-state index in [4.69, 9.17) is 18.9 Å². The van der Waals surface area contributed by atoms with Crippen molar-refractivity contribution in [3.8, 4) is 17.2 Å². The highest BCUT2D eigenvalue weighted by Crippen LogP contribution is 2.34. The highest BCUT2D eigenvalue weighted by molar-refractivity contribution is 5.95. The van der Waals surface area contributed by atoms with E-state index in [9.17, 15) is 9.59 Å². The van der Waals surface area contributed by atoms with Crippen LogP contribution in [0.5, 0.6) is 17.2 Å². The van der Waals surface area contributed by atoms with Crippen LogP contribution in [0.3, 0.4) is 0 Å². The molecule has 0 saturated carbocycles. The third kappa shape index (κ3) is 4.32. The predicted octanol–water partition coefficient (Wildman–Crippen LogP) is 2.62. The summed E-state index contributed by atoms with van der Waals surface area (Å²) in [5.41, 5.74) is 1.26.